The lowest BCUT2D eigenvalue weighted by atomic mass is 10.1. The summed E-state index contributed by atoms with van der Waals surface area (Å²) in [4.78, 5) is 23.0. The van der Waals surface area contributed by atoms with Gasteiger partial charge in [-0.1, -0.05) is 28.1 Å². The zero-order valence-corrected chi connectivity index (χ0v) is 17.4. The monoisotopic (exact) mass is 460 g/mol. The molecule has 7 nitrogen and oxygen atoms in total. The second kappa shape index (κ2) is 8.52. The van der Waals surface area contributed by atoms with E-state index in [1.165, 1.54) is 6.07 Å². The standard InChI is InChI=1S/C20H18BrFN4O3/c1-12-19(26(28)29)13(2)25(24-12)11-14-3-5-15(6-4-14)20(27)23-10-16-9-17(21)7-8-18(16)22/h3-9H,10-11H2,1-2H3,(H,23,27). The molecular formula is C20H18BrFN4O3. The lowest BCUT2D eigenvalue weighted by Gasteiger charge is -2.08. The molecule has 29 heavy (non-hydrogen) atoms. The molecule has 0 aliphatic rings. The number of carbonyl (C=O) groups excluding carboxylic acids is 1. The Hall–Kier alpha value is -3.07. The van der Waals surface area contributed by atoms with Gasteiger partial charge in [-0.3, -0.25) is 19.6 Å². The topological polar surface area (TPSA) is 90.1 Å². The molecule has 2 aromatic carbocycles. The van der Waals surface area contributed by atoms with Crippen LogP contribution in [0, 0.1) is 29.8 Å². The Labute approximate surface area is 174 Å². The van der Waals surface area contributed by atoms with Crippen molar-refractivity contribution in [2.45, 2.75) is 26.9 Å². The third-order valence-corrected chi connectivity index (χ3v) is 5.01. The number of amides is 1. The zero-order chi connectivity index (χ0) is 21.1. The lowest BCUT2D eigenvalue weighted by Crippen LogP contribution is -2.23. The van der Waals surface area contributed by atoms with E-state index in [4.69, 9.17) is 0 Å². The summed E-state index contributed by atoms with van der Waals surface area (Å²) >= 11 is 3.28. The van der Waals surface area contributed by atoms with Crippen molar-refractivity contribution in [2.24, 2.45) is 0 Å². The maximum Gasteiger partial charge on any atom is 0.312 e. The van der Waals surface area contributed by atoms with Crippen LogP contribution in [0.2, 0.25) is 0 Å². The van der Waals surface area contributed by atoms with Crippen LogP contribution in [-0.2, 0) is 13.1 Å². The Bertz CT molecular complexity index is 1080. The number of aryl methyl sites for hydroxylation is 1. The normalized spacial score (nSPS) is 10.8. The number of nitro groups is 1. The van der Waals surface area contributed by atoms with Gasteiger partial charge in [0, 0.05) is 22.1 Å². The molecule has 3 aromatic rings. The first-order valence-electron chi connectivity index (χ1n) is 8.75. The fraction of sp³-hybridized carbons (Fsp3) is 0.200. The second-order valence-corrected chi connectivity index (χ2v) is 7.47. The van der Waals surface area contributed by atoms with Crippen molar-refractivity contribution in [3.8, 4) is 0 Å². The summed E-state index contributed by atoms with van der Waals surface area (Å²) in [5.41, 5.74) is 2.52. The molecule has 0 aliphatic heterocycles. The number of aromatic nitrogens is 2. The van der Waals surface area contributed by atoms with Gasteiger partial charge in [-0.25, -0.2) is 4.39 Å². The molecule has 1 N–H and O–H groups in total. The van der Waals surface area contributed by atoms with Crippen LogP contribution < -0.4 is 5.32 Å². The lowest BCUT2D eigenvalue weighted by molar-refractivity contribution is -0.386. The highest BCUT2D eigenvalue weighted by Gasteiger charge is 2.21. The van der Waals surface area contributed by atoms with Gasteiger partial charge in [0.25, 0.3) is 5.91 Å². The molecule has 1 aromatic heterocycles. The fourth-order valence-corrected chi connectivity index (χ4v) is 3.40. The predicted octanol–water partition coefficient (Wildman–Crippen LogP) is 4.29. The first kappa shape index (κ1) is 20.7. The summed E-state index contributed by atoms with van der Waals surface area (Å²) in [5.74, 6) is -0.708. The molecule has 0 atom stereocenters. The molecule has 0 fully saturated rings. The molecule has 0 unspecified atom stereocenters. The van der Waals surface area contributed by atoms with E-state index in [9.17, 15) is 19.3 Å². The smallest absolute Gasteiger partial charge is 0.312 e. The van der Waals surface area contributed by atoms with Crippen LogP contribution in [0.3, 0.4) is 0 Å². The van der Waals surface area contributed by atoms with Crippen molar-refractivity contribution < 1.29 is 14.1 Å². The van der Waals surface area contributed by atoms with E-state index in [1.807, 2.05) is 0 Å². The van der Waals surface area contributed by atoms with Gasteiger partial charge in [0.2, 0.25) is 0 Å². The van der Waals surface area contributed by atoms with E-state index in [0.717, 1.165) is 10.0 Å². The van der Waals surface area contributed by atoms with Crippen LogP contribution in [0.5, 0.6) is 0 Å². The number of nitrogens with zero attached hydrogens (tertiary/aromatic N) is 3. The molecule has 0 aliphatic carbocycles. The van der Waals surface area contributed by atoms with Gasteiger partial charge >= 0.3 is 5.69 Å². The average Bonchev–Trinajstić information content (AvgIpc) is 2.96. The second-order valence-electron chi connectivity index (χ2n) is 6.55. The highest BCUT2D eigenvalue weighted by molar-refractivity contribution is 9.10. The molecule has 150 valence electrons. The molecule has 9 heteroatoms. The average molecular weight is 461 g/mol. The SMILES string of the molecule is Cc1nn(Cc2ccc(C(=O)NCc3cc(Br)ccc3F)cc2)c(C)c1[N+](=O)[O-]. The summed E-state index contributed by atoms with van der Waals surface area (Å²) in [6.07, 6.45) is 0. The third-order valence-electron chi connectivity index (χ3n) is 4.52. The molecule has 3 rings (SSSR count). The Morgan fingerprint density at radius 3 is 2.55 bits per heavy atom. The van der Waals surface area contributed by atoms with E-state index in [2.05, 4.69) is 26.3 Å². The minimum Gasteiger partial charge on any atom is -0.348 e. The molecule has 0 saturated carbocycles. The van der Waals surface area contributed by atoms with Gasteiger partial charge in [-0.2, -0.15) is 5.10 Å². The Balaban J connectivity index is 1.67. The van der Waals surface area contributed by atoms with Crippen molar-refractivity contribution in [2.75, 3.05) is 0 Å². The highest BCUT2D eigenvalue weighted by Crippen LogP contribution is 2.22. The number of nitrogens with one attached hydrogen (secondary N) is 1. The van der Waals surface area contributed by atoms with Crippen molar-refractivity contribution in [1.29, 1.82) is 0 Å². The van der Waals surface area contributed by atoms with E-state index >= 15 is 0 Å². The minimum absolute atomic E-state index is 0.0146. The van der Waals surface area contributed by atoms with Gasteiger partial charge in [0.1, 0.15) is 17.2 Å². The predicted molar refractivity (Wildman–Crippen MR) is 109 cm³/mol. The van der Waals surface area contributed by atoms with Gasteiger partial charge < -0.3 is 5.32 Å². The molecule has 1 amide bonds. The largest absolute Gasteiger partial charge is 0.348 e. The number of hydrogen-bond donors (Lipinski definition) is 1. The van der Waals surface area contributed by atoms with Crippen LogP contribution in [0.4, 0.5) is 10.1 Å². The van der Waals surface area contributed by atoms with E-state index < -0.39 is 4.92 Å². The Morgan fingerprint density at radius 1 is 1.24 bits per heavy atom. The maximum atomic E-state index is 13.8. The Morgan fingerprint density at radius 2 is 1.93 bits per heavy atom. The summed E-state index contributed by atoms with van der Waals surface area (Å²) in [5, 5.41) is 18.0. The van der Waals surface area contributed by atoms with Crippen molar-refractivity contribution in [3.05, 3.63) is 90.9 Å². The summed E-state index contributed by atoms with van der Waals surface area (Å²) in [6.45, 7) is 3.68. The summed E-state index contributed by atoms with van der Waals surface area (Å²) < 4.78 is 16.1. The zero-order valence-electron chi connectivity index (χ0n) is 15.8. The first-order chi connectivity index (χ1) is 13.8. The summed E-state index contributed by atoms with van der Waals surface area (Å²) in [7, 11) is 0. The quantitative estimate of drug-likeness (QED) is 0.438. The summed E-state index contributed by atoms with van der Waals surface area (Å²) in [6, 6.07) is 11.4. The van der Waals surface area contributed by atoms with Crippen molar-refractivity contribution in [3.63, 3.8) is 0 Å². The van der Waals surface area contributed by atoms with E-state index in [-0.39, 0.29) is 24.0 Å². The number of benzene rings is 2. The molecule has 0 bridgehead atoms. The third kappa shape index (κ3) is 4.68. The maximum absolute atomic E-state index is 13.8. The molecule has 0 radical (unpaired) electrons. The van der Waals surface area contributed by atoms with Crippen LogP contribution >= 0.6 is 15.9 Å². The highest BCUT2D eigenvalue weighted by atomic mass is 79.9. The Kier molecular flexibility index (Phi) is 6.07. The fourth-order valence-electron chi connectivity index (χ4n) is 3.00. The van der Waals surface area contributed by atoms with Gasteiger partial charge in [0.15, 0.2) is 0 Å². The first-order valence-corrected chi connectivity index (χ1v) is 9.55. The van der Waals surface area contributed by atoms with Crippen LogP contribution in [-0.4, -0.2) is 20.6 Å². The van der Waals surface area contributed by atoms with Crippen molar-refractivity contribution in [1.82, 2.24) is 15.1 Å². The van der Waals surface area contributed by atoms with Gasteiger partial charge in [-0.15, -0.1) is 0 Å². The molecule has 0 saturated heterocycles. The van der Waals surface area contributed by atoms with Crippen LogP contribution in [0.15, 0.2) is 46.9 Å². The van der Waals surface area contributed by atoms with E-state index in [0.29, 0.717) is 29.1 Å². The van der Waals surface area contributed by atoms with E-state index in [1.54, 1.807) is 54.9 Å². The molecule has 1 heterocycles. The number of halogens is 2. The number of rotatable bonds is 6. The van der Waals surface area contributed by atoms with Crippen LogP contribution in [0.1, 0.15) is 32.9 Å². The molecule has 0 spiro atoms. The van der Waals surface area contributed by atoms with Crippen LogP contribution in [0.25, 0.3) is 0 Å². The van der Waals surface area contributed by atoms with Crippen molar-refractivity contribution >= 4 is 27.5 Å². The number of carbonyl (C=O) groups is 1. The number of hydrogen-bond acceptors (Lipinski definition) is 4. The van der Waals surface area contributed by atoms with Gasteiger partial charge in [0.05, 0.1) is 11.5 Å². The minimum atomic E-state index is -0.435. The molecular weight excluding hydrogens is 443 g/mol. The van der Waals surface area contributed by atoms with Gasteiger partial charge in [-0.05, 0) is 49.7 Å².